The molecule has 1 atom stereocenters. The molecule has 0 fully saturated rings. The molecular weight excluding hydrogens is 415 g/mol. The van der Waals surface area contributed by atoms with Gasteiger partial charge in [0.2, 0.25) is 15.9 Å². The third-order valence-electron chi connectivity index (χ3n) is 3.57. The number of benzene rings is 2. The molecule has 0 aliphatic heterocycles. The number of nitrogens with zero attached hydrogens (tertiary/aromatic N) is 1. The first-order valence-corrected chi connectivity index (χ1v) is 11.4. The van der Waals surface area contributed by atoms with Crippen molar-refractivity contribution in [2.75, 3.05) is 22.1 Å². The van der Waals surface area contributed by atoms with Crippen LogP contribution >= 0.6 is 35.0 Å². The van der Waals surface area contributed by atoms with Crippen molar-refractivity contribution in [1.82, 2.24) is 0 Å². The van der Waals surface area contributed by atoms with E-state index < -0.39 is 22.0 Å². The van der Waals surface area contributed by atoms with Gasteiger partial charge in [0.05, 0.1) is 17.0 Å². The molecule has 26 heavy (non-hydrogen) atoms. The molecule has 1 amide bonds. The van der Waals surface area contributed by atoms with Crippen LogP contribution in [-0.4, -0.2) is 32.9 Å². The summed E-state index contributed by atoms with van der Waals surface area (Å²) >= 11 is 13.7. The number of amides is 1. The lowest BCUT2D eigenvalue weighted by molar-refractivity contribution is -0.116. The first-order valence-electron chi connectivity index (χ1n) is 7.53. The maximum absolute atomic E-state index is 12.7. The zero-order valence-electron chi connectivity index (χ0n) is 14.4. The highest BCUT2D eigenvalue weighted by Crippen LogP contribution is 2.32. The van der Waals surface area contributed by atoms with Crippen LogP contribution in [0.3, 0.4) is 0 Å². The predicted molar refractivity (Wildman–Crippen MR) is 110 cm³/mol. The molecule has 0 aliphatic carbocycles. The van der Waals surface area contributed by atoms with E-state index in [0.29, 0.717) is 10.7 Å². The van der Waals surface area contributed by atoms with Crippen LogP contribution < -0.4 is 9.62 Å². The van der Waals surface area contributed by atoms with Crippen molar-refractivity contribution < 1.29 is 13.2 Å². The summed E-state index contributed by atoms with van der Waals surface area (Å²) in [5, 5.41) is 3.24. The van der Waals surface area contributed by atoms with Crippen LogP contribution in [0.5, 0.6) is 0 Å². The van der Waals surface area contributed by atoms with Crippen molar-refractivity contribution in [2.45, 2.75) is 17.9 Å². The van der Waals surface area contributed by atoms with Crippen LogP contribution in [0.25, 0.3) is 0 Å². The van der Waals surface area contributed by atoms with Crippen LogP contribution in [0, 0.1) is 0 Å². The second-order valence-electron chi connectivity index (χ2n) is 5.55. The van der Waals surface area contributed by atoms with Crippen molar-refractivity contribution in [1.29, 1.82) is 0 Å². The molecule has 0 aliphatic rings. The van der Waals surface area contributed by atoms with Crippen LogP contribution in [-0.2, 0) is 14.8 Å². The molecule has 2 aromatic carbocycles. The fraction of sp³-hybridized carbons (Fsp3) is 0.235. The summed E-state index contributed by atoms with van der Waals surface area (Å²) in [5.41, 5.74) is 0.738. The number of thioether (sulfide) groups is 1. The van der Waals surface area contributed by atoms with E-state index >= 15 is 0 Å². The molecule has 0 heterocycles. The molecule has 0 saturated carbocycles. The first kappa shape index (κ1) is 20.9. The number of sulfonamides is 1. The van der Waals surface area contributed by atoms with Gasteiger partial charge in [0, 0.05) is 15.6 Å². The molecule has 1 N–H and O–H groups in total. The van der Waals surface area contributed by atoms with Gasteiger partial charge >= 0.3 is 0 Å². The quantitative estimate of drug-likeness (QED) is 0.681. The van der Waals surface area contributed by atoms with Gasteiger partial charge in [0.25, 0.3) is 0 Å². The molecule has 140 valence electrons. The Labute approximate surface area is 167 Å². The van der Waals surface area contributed by atoms with Gasteiger partial charge in [0.1, 0.15) is 6.04 Å². The van der Waals surface area contributed by atoms with Crippen molar-refractivity contribution in [2.24, 2.45) is 0 Å². The van der Waals surface area contributed by atoms with E-state index in [1.165, 1.54) is 30.8 Å². The number of rotatable bonds is 6. The summed E-state index contributed by atoms with van der Waals surface area (Å²) in [6.07, 6.45) is 2.94. The van der Waals surface area contributed by atoms with Gasteiger partial charge in [-0.05, 0) is 49.6 Å². The number of nitrogens with one attached hydrogen (secondary N) is 1. The maximum atomic E-state index is 12.7. The van der Waals surface area contributed by atoms with E-state index in [-0.39, 0.29) is 10.7 Å². The van der Waals surface area contributed by atoms with Gasteiger partial charge in [-0.1, -0.05) is 29.3 Å². The van der Waals surface area contributed by atoms with E-state index in [4.69, 9.17) is 23.2 Å². The Kier molecular flexibility index (Phi) is 6.85. The molecular formula is C17H18Cl2N2O3S2. The van der Waals surface area contributed by atoms with Gasteiger partial charge in [-0.15, -0.1) is 11.8 Å². The lowest BCUT2D eigenvalue weighted by atomic mass is 10.2. The summed E-state index contributed by atoms with van der Waals surface area (Å²) in [7, 11) is -3.78. The van der Waals surface area contributed by atoms with Gasteiger partial charge in [0.15, 0.2) is 0 Å². The van der Waals surface area contributed by atoms with Gasteiger partial charge in [-0.25, -0.2) is 8.42 Å². The summed E-state index contributed by atoms with van der Waals surface area (Å²) in [6.45, 7) is 1.49. The van der Waals surface area contributed by atoms with Crippen molar-refractivity contribution in [3.63, 3.8) is 0 Å². The number of hydrogen-bond donors (Lipinski definition) is 1. The van der Waals surface area contributed by atoms with E-state index in [9.17, 15) is 13.2 Å². The van der Waals surface area contributed by atoms with Crippen molar-refractivity contribution in [3.05, 3.63) is 52.5 Å². The van der Waals surface area contributed by atoms with Crippen LogP contribution in [0.15, 0.2) is 47.4 Å². The van der Waals surface area contributed by atoms with Crippen molar-refractivity contribution in [3.8, 4) is 0 Å². The summed E-state index contributed by atoms with van der Waals surface area (Å²) in [5.74, 6) is -0.482. The first-order chi connectivity index (χ1) is 12.1. The summed E-state index contributed by atoms with van der Waals surface area (Å²) in [6, 6.07) is 10.7. The molecule has 0 unspecified atom stereocenters. The van der Waals surface area contributed by atoms with Crippen LogP contribution in [0.1, 0.15) is 6.92 Å². The number of hydrogen-bond acceptors (Lipinski definition) is 4. The van der Waals surface area contributed by atoms with Gasteiger partial charge < -0.3 is 5.32 Å². The Morgan fingerprint density at radius 2 is 1.88 bits per heavy atom. The number of anilines is 2. The Hall–Kier alpha value is -1.41. The Morgan fingerprint density at radius 3 is 2.50 bits per heavy atom. The normalized spacial score (nSPS) is 12.5. The predicted octanol–water partition coefficient (Wildman–Crippen LogP) is 4.51. The zero-order valence-corrected chi connectivity index (χ0v) is 17.5. The van der Waals surface area contributed by atoms with E-state index in [2.05, 4.69) is 5.32 Å². The molecule has 0 aromatic heterocycles. The molecule has 0 bridgehead atoms. The highest BCUT2D eigenvalue weighted by Gasteiger charge is 2.30. The number of halogens is 2. The molecule has 2 aromatic rings. The van der Waals surface area contributed by atoms with Crippen molar-refractivity contribution >= 4 is 62.3 Å². The highest BCUT2D eigenvalue weighted by atomic mass is 35.5. The zero-order chi connectivity index (χ0) is 19.5. The SMILES string of the molecule is CSc1cccc(NC(=O)[C@H](C)N(c2cc(Cl)ccc2Cl)S(C)(=O)=O)c1. The van der Waals surface area contributed by atoms with Crippen LogP contribution in [0.4, 0.5) is 11.4 Å². The number of carbonyl (C=O) groups is 1. The third-order valence-corrected chi connectivity index (χ3v) is 6.08. The number of carbonyl (C=O) groups excluding carboxylic acids is 1. The average Bonchev–Trinajstić information content (AvgIpc) is 2.57. The minimum Gasteiger partial charge on any atom is -0.324 e. The van der Waals surface area contributed by atoms with Gasteiger partial charge in [-0.3, -0.25) is 9.10 Å². The van der Waals surface area contributed by atoms with E-state index in [0.717, 1.165) is 15.5 Å². The van der Waals surface area contributed by atoms with Gasteiger partial charge in [-0.2, -0.15) is 0 Å². The fourth-order valence-electron chi connectivity index (χ4n) is 2.38. The molecule has 2 rings (SSSR count). The monoisotopic (exact) mass is 432 g/mol. The molecule has 0 saturated heterocycles. The average molecular weight is 433 g/mol. The minimum absolute atomic E-state index is 0.155. The lowest BCUT2D eigenvalue weighted by Crippen LogP contribution is -2.45. The second kappa shape index (κ2) is 8.52. The Balaban J connectivity index is 2.36. The smallest absolute Gasteiger partial charge is 0.247 e. The second-order valence-corrected chi connectivity index (χ2v) is 9.13. The minimum atomic E-state index is -3.78. The molecule has 0 radical (unpaired) electrons. The maximum Gasteiger partial charge on any atom is 0.247 e. The van der Waals surface area contributed by atoms with Crippen LogP contribution in [0.2, 0.25) is 10.0 Å². The molecule has 5 nitrogen and oxygen atoms in total. The van der Waals surface area contributed by atoms with E-state index in [1.54, 1.807) is 12.1 Å². The third kappa shape index (κ3) is 5.07. The largest absolute Gasteiger partial charge is 0.324 e. The standard InChI is InChI=1S/C17H18Cl2N2O3S2/c1-11(17(22)20-13-5-4-6-14(10-13)25-2)21(26(3,23)24)16-9-12(18)7-8-15(16)19/h4-11H,1-3H3,(H,20,22)/t11-/m0/s1. The molecule has 9 heteroatoms. The molecule has 0 spiro atoms. The Bertz CT molecular complexity index is 920. The Morgan fingerprint density at radius 1 is 1.19 bits per heavy atom. The lowest BCUT2D eigenvalue weighted by Gasteiger charge is -2.29. The van der Waals surface area contributed by atoms with E-state index in [1.807, 2.05) is 24.5 Å². The summed E-state index contributed by atoms with van der Waals surface area (Å²) in [4.78, 5) is 13.6. The summed E-state index contributed by atoms with van der Waals surface area (Å²) < 4.78 is 25.6. The highest BCUT2D eigenvalue weighted by molar-refractivity contribution is 7.98. The fourth-order valence-corrected chi connectivity index (χ4v) is 4.45. The topological polar surface area (TPSA) is 66.5 Å².